The molecule has 1 unspecified atom stereocenters. The van der Waals surface area contributed by atoms with Crippen LogP contribution in [0.5, 0.6) is 0 Å². The van der Waals surface area contributed by atoms with E-state index in [1.807, 2.05) is 0 Å². The highest BCUT2D eigenvalue weighted by molar-refractivity contribution is 7.99. The van der Waals surface area contributed by atoms with Gasteiger partial charge < -0.3 is 11.1 Å². The van der Waals surface area contributed by atoms with Crippen LogP contribution in [0.2, 0.25) is 0 Å². The molecule has 0 saturated heterocycles. The van der Waals surface area contributed by atoms with Crippen LogP contribution in [-0.4, -0.2) is 44.7 Å². The van der Waals surface area contributed by atoms with Gasteiger partial charge in [0.2, 0.25) is 5.91 Å². The highest BCUT2D eigenvalue weighted by Crippen LogP contribution is 2.18. The topological polar surface area (TPSA) is 89.3 Å². The zero-order valence-electron chi connectivity index (χ0n) is 12.4. The molecule has 0 spiro atoms. The van der Waals surface area contributed by atoms with Gasteiger partial charge in [0.25, 0.3) is 0 Å². The zero-order chi connectivity index (χ0) is 16.6. The van der Waals surface area contributed by atoms with Gasteiger partial charge in [0.1, 0.15) is 15.7 Å². The monoisotopic (exact) mass is 348 g/mol. The van der Waals surface area contributed by atoms with Crippen molar-refractivity contribution in [3.8, 4) is 0 Å². The average Bonchev–Trinajstić information content (AvgIpc) is 2.45. The molecule has 0 saturated carbocycles. The smallest absolute Gasteiger partial charge is 0.236 e. The molecule has 5 nitrogen and oxygen atoms in total. The Hall–Kier alpha value is -1.12. The molecule has 1 atom stereocenters. The van der Waals surface area contributed by atoms with Crippen molar-refractivity contribution in [2.75, 3.05) is 24.3 Å². The Bertz CT molecular complexity index is 576. The number of thioether (sulfide) groups is 1. The first-order valence-corrected chi connectivity index (χ1v) is 9.92. The third-order valence-electron chi connectivity index (χ3n) is 2.84. The van der Waals surface area contributed by atoms with Crippen molar-refractivity contribution in [3.05, 3.63) is 30.1 Å². The van der Waals surface area contributed by atoms with Gasteiger partial charge in [-0.05, 0) is 42.9 Å². The van der Waals surface area contributed by atoms with E-state index in [2.05, 4.69) is 5.32 Å². The number of hydrogen-bond acceptors (Lipinski definition) is 5. The maximum Gasteiger partial charge on any atom is 0.236 e. The van der Waals surface area contributed by atoms with Crippen LogP contribution in [0.25, 0.3) is 0 Å². The summed E-state index contributed by atoms with van der Waals surface area (Å²) in [5, 5.41) is 2.68. The Morgan fingerprint density at radius 3 is 2.59 bits per heavy atom. The number of halogens is 1. The maximum atomic E-state index is 12.7. The fourth-order valence-electron chi connectivity index (χ4n) is 1.61. The van der Waals surface area contributed by atoms with Crippen LogP contribution in [0.3, 0.4) is 0 Å². The quantitative estimate of drug-likeness (QED) is 0.517. The van der Waals surface area contributed by atoms with Gasteiger partial charge in [-0.15, -0.1) is 11.8 Å². The summed E-state index contributed by atoms with van der Waals surface area (Å²) in [5.41, 5.74) is 5.63. The van der Waals surface area contributed by atoms with E-state index in [0.717, 1.165) is 23.3 Å². The number of hydrogen-bond donors (Lipinski definition) is 2. The van der Waals surface area contributed by atoms with Crippen LogP contribution in [0, 0.1) is 5.82 Å². The molecule has 1 rings (SSSR count). The van der Waals surface area contributed by atoms with Gasteiger partial charge in [-0.1, -0.05) is 0 Å². The van der Waals surface area contributed by atoms with Gasteiger partial charge in [0.15, 0.2) is 0 Å². The lowest BCUT2D eigenvalue weighted by molar-refractivity contribution is -0.122. The lowest BCUT2D eigenvalue weighted by Gasteiger charge is -2.11. The minimum Gasteiger partial charge on any atom is -0.355 e. The normalized spacial score (nSPS) is 12.9. The summed E-state index contributed by atoms with van der Waals surface area (Å²) < 4.78 is 34.7. The van der Waals surface area contributed by atoms with E-state index in [-0.39, 0.29) is 23.9 Å². The molecule has 0 aliphatic rings. The summed E-state index contributed by atoms with van der Waals surface area (Å²) in [6.07, 6.45) is 1.98. The Balaban J connectivity index is 2.15. The van der Waals surface area contributed by atoms with Crippen LogP contribution >= 0.6 is 11.8 Å². The van der Waals surface area contributed by atoms with E-state index in [9.17, 15) is 17.6 Å². The summed E-state index contributed by atoms with van der Waals surface area (Å²) in [5.74, 6) is 0.0853. The van der Waals surface area contributed by atoms with Crippen molar-refractivity contribution in [1.82, 2.24) is 5.32 Å². The molecule has 22 heavy (non-hydrogen) atoms. The largest absolute Gasteiger partial charge is 0.355 e. The van der Waals surface area contributed by atoms with Gasteiger partial charge in [-0.25, -0.2) is 12.8 Å². The van der Waals surface area contributed by atoms with Crippen LogP contribution in [0.1, 0.15) is 12.8 Å². The fourth-order valence-corrected chi connectivity index (χ4v) is 3.14. The number of carbonyl (C=O) groups excluding carboxylic acids is 1. The van der Waals surface area contributed by atoms with Crippen LogP contribution in [0.15, 0.2) is 29.2 Å². The molecular weight excluding hydrogens is 327 g/mol. The second kappa shape index (κ2) is 9.12. The van der Waals surface area contributed by atoms with Crippen LogP contribution in [0.4, 0.5) is 4.39 Å². The lowest BCUT2D eigenvalue weighted by Crippen LogP contribution is -2.42. The number of nitrogens with one attached hydrogen (secondary N) is 1. The molecule has 1 aromatic carbocycles. The number of sulfone groups is 1. The molecule has 3 N–H and O–H groups in total. The van der Waals surface area contributed by atoms with Crippen molar-refractivity contribution in [2.45, 2.75) is 23.8 Å². The minimum atomic E-state index is -3.11. The van der Waals surface area contributed by atoms with Crippen molar-refractivity contribution >= 4 is 27.5 Å². The van der Waals surface area contributed by atoms with E-state index < -0.39 is 15.9 Å². The van der Waals surface area contributed by atoms with E-state index >= 15 is 0 Å². The van der Waals surface area contributed by atoms with Crippen LogP contribution < -0.4 is 11.1 Å². The van der Waals surface area contributed by atoms with Gasteiger partial charge >= 0.3 is 0 Å². The average molecular weight is 348 g/mol. The highest BCUT2D eigenvalue weighted by atomic mass is 32.2. The van der Waals surface area contributed by atoms with Gasteiger partial charge in [-0.3, -0.25) is 4.79 Å². The van der Waals surface area contributed by atoms with E-state index in [4.69, 9.17) is 5.73 Å². The Morgan fingerprint density at radius 1 is 1.36 bits per heavy atom. The molecule has 0 heterocycles. The fraction of sp³-hybridized carbons (Fsp3) is 0.500. The molecule has 0 fully saturated rings. The van der Waals surface area contributed by atoms with Gasteiger partial charge in [-0.2, -0.15) is 0 Å². The number of benzene rings is 1. The van der Waals surface area contributed by atoms with Crippen LogP contribution in [-0.2, 0) is 14.6 Å². The summed E-state index contributed by atoms with van der Waals surface area (Å²) in [4.78, 5) is 12.6. The SMILES string of the molecule is CS(=O)(=O)CCC(N)C(=O)NCCCSc1ccc(F)cc1. The summed E-state index contributed by atoms with van der Waals surface area (Å²) in [6, 6.07) is 5.43. The molecule has 8 heteroatoms. The van der Waals surface area contributed by atoms with Gasteiger partial charge in [0, 0.05) is 17.7 Å². The third-order valence-corrected chi connectivity index (χ3v) is 4.91. The molecular formula is C14H21FN2O3S2. The number of rotatable bonds is 9. The Labute approximate surface area is 134 Å². The summed E-state index contributed by atoms with van der Waals surface area (Å²) in [7, 11) is -3.11. The molecule has 0 radical (unpaired) electrons. The second-order valence-electron chi connectivity index (χ2n) is 4.97. The third kappa shape index (κ3) is 8.35. The molecule has 0 aliphatic heterocycles. The zero-order valence-corrected chi connectivity index (χ0v) is 14.1. The summed E-state index contributed by atoms with van der Waals surface area (Å²) in [6.45, 7) is 0.472. The van der Waals surface area contributed by atoms with Gasteiger partial charge in [0.05, 0.1) is 11.8 Å². The first-order valence-electron chi connectivity index (χ1n) is 6.87. The van der Waals surface area contributed by atoms with E-state index in [0.29, 0.717) is 6.54 Å². The first-order chi connectivity index (χ1) is 10.3. The van der Waals surface area contributed by atoms with Crippen molar-refractivity contribution in [3.63, 3.8) is 0 Å². The Morgan fingerprint density at radius 2 is 2.00 bits per heavy atom. The second-order valence-corrected chi connectivity index (χ2v) is 8.40. The molecule has 1 aromatic rings. The lowest BCUT2D eigenvalue weighted by atomic mass is 10.2. The van der Waals surface area contributed by atoms with E-state index in [1.165, 1.54) is 12.1 Å². The number of carbonyl (C=O) groups is 1. The van der Waals surface area contributed by atoms with Crippen molar-refractivity contribution in [1.29, 1.82) is 0 Å². The number of nitrogens with two attached hydrogens (primary N) is 1. The van der Waals surface area contributed by atoms with Crippen molar-refractivity contribution in [2.24, 2.45) is 5.73 Å². The first kappa shape index (κ1) is 18.9. The molecule has 0 aromatic heterocycles. The summed E-state index contributed by atoms with van der Waals surface area (Å²) >= 11 is 1.57. The predicted octanol–water partition coefficient (Wildman–Crippen LogP) is 1.19. The highest BCUT2D eigenvalue weighted by Gasteiger charge is 2.15. The number of amides is 1. The molecule has 124 valence electrons. The van der Waals surface area contributed by atoms with E-state index in [1.54, 1.807) is 23.9 Å². The molecule has 1 amide bonds. The predicted molar refractivity (Wildman–Crippen MR) is 87.1 cm³/mol. The minimum absolute atomic E-state index is 0.0952. The Kier molecular flexibility index (Phi) is 7.84. The van der Waals surface area contributed by atoms with Crippen molar-refractivity contribution < 1.29 is 17.6 Å². The molecule has 0 aliphatic carbocycles. The maximum absolute atomic E-state index is 12.7. The standard InChI is InChI=1S/C14H21FN2O3S2/c1-22(19,20)10-7-13(16)14(18)17-8-2-9-21-12-5-3-11(15)4-6-12/h3-6,13H,2,7-10,16H2,1H3,(H,17,18). The molecule has 0 bridgehead atoms.